The van der Waals surface area contributed by atoms with E-state index in [0.29, 0.717) is 11.4 Å². The number of benzene rings is 1. The lowest BCUT2D eigenvalue weighted by molar-refractivity contribution is -0.143. The van der Waals surface area contributed by atoms with Crippen LogP contribution in [0, 0.1) is 0 Å². The van der Waals surface area contributed by atoms with E-state index in [1.807, 2.05) is 0 Å². The number of carboxylic acids is 1. The normalized spacial score (nSPS) is 14.2. The van der Waals surface area contributed by atoms with Crippen molar-refractivity contribution in [1.82, 2.24) is 0 Å². The van der Waals surface area contributed by atoms with Crippen LogP contribution in [0.3, 0.4) is 0 Å². The number of carboxylic acid groups (broad SMARTS) is 1. The maximum atomic E-state index is 11.0. The molecule has 5 nitrogen and oxygen atoms in total. The molecule has 0 aliphatic carbocycles. The summed E-state index contributed by atoms with van der Waals surface area (Å²) in [7, 11) is 1.43. The maximum absolute atomic E-state index is 11.0. The Balaban J connectivity index is 3.40. The summed E-state index contributed by atoms with van der Waals surface area (Å²) in [5.74, 6) is -0.835. The fraction of sp³-hybridized carbons (Fsp3) is 0.300. The van der Waals surface area contributed by atoms with Gasteiger partial charge < -0.3 is 21.3 Å². The average molecular weight is 245 g/mol. The molecule has 1 rings (SSSR count). The first-order valence-electron chi connectivity index (χ1n) is 4.46. The van der Waals surface area contributed by atoms with Crippen LogP contribution in [0.5, 0.6) is 5.75 Å². The van der Waals surface area contributed by atoms with Crippen molar-refractivity contribution in [2.24, 2.45) is 5.73 Å². The van der Waals surface area contributed by atoms with E-state index in [9.17, 15) is 4.79 Å². The fourth-order valence-corrected chi connectivity index (χ4v) is 1.63. The SMILES string of the molecule is COc1cc([C@@](C)(N)C(=O)O)c(Cl)cc1N. The van der Waals surface area contributed by atoms with Gasteiger partial charge >= 0.3 is 5.97 Å². The smallest absolute Gasteiger partial charge is 0.328 e. The van der Waals surface area contributed by atoms with Crippen molar-refractivity contribution in [2.45, 2.75) is 12.5 Å². The topological polar surface area (TPSA) is 98.6 Å². The summed E-state index contributed by atoms with van der Waals surface area (Å²) in [6, 6.07) is 2.86. The van der Waals surface area contributed by atoms with Crippen molar-refractivity contribution in [3.63, 3.8) is 0 Å². The molecule has 1 aromatic carbocycles. The van der Waals surface area contributed by atoms with Crippen molar-refractivity contribution in [1.29, 1.82) is 0 Å². The molecule has 6 heteroatoms. The van der Waals surface area contributed by atoms with Crippen molar-refractivity contribution in [2.75, 3.05) is 12.8 Å². The van der Waals surface area contributed by atoms with Gasteiger partial charge in [-0.05, 0) is 19.1 Å². The zero-order chi connectivity index (χ0) is 12.5. The van der Waals surface area contributed by atoms with Crippen LogP contribution in [0.15, 0.2) is 12.1 Å². The van der Waals surface area contributed by atoms with Crippen LogP contribution >= 0.6 is 11.6 Å². The molecule has 0 amide bonds. The molecule has 0 heterocycles. The van der Waals surface area contributed by atoms with Gasteiger partial charge in [0.05, 0.1) is 12.8 Å². The number of nitrogens with two attached hydrogens (primary N) is 2. The quantitative estimate of drug-likeness (QED) is 0.694. The predicted octanol–water partition coefficient (Wildman–Crippen LogP) is 1.19. The minimum Gasteiger partial charge on any atom is -0.495 e. The highest BCUT2D eigenvalue weighted by Crippen LogP contribution is 2.34. The Labute approximate surface area is 97.9 Å². The van der Waals surface area contributed by atoms with Crippen LogP contribution in [0.4, 0.5) is 5.69 Å². The van der Waals surface area contributed by atoms with Crippen molar-refractivity contribution in [3.05, 3.63) is 22.7 Å². The van der Waals surface area contributed by atoms with E-state index in [0.717, 1.165) is 0 Å². The van der Waals surface area contributed by atoms with Gasteiger partial charge in [-0.2, -0.15) is 0 Å². The number of rotatable bonds is 3. The number of carbonyl (C=O) groups is 1. The van der Waals surface area contributed by atoms with E-state index >= 15 is 0 Å². The summed E-state index contributed by atoms with van der Waals surface area (Å²) in [5, 5.41) is 9.20. The Morgan fingerprint density at radius 1 is 1.56 bits per heavy atom. The van der Waals surface area contributed by atoms with Crippen LogP contribution < -0.4 is 16.2 Å². The number of anilines is 1. The Morgan fingerprint density at radius 2 is 2.12 bits per heavy atom. The van der Waals surface area contributed by atoms with Gasteiger partial charge in [0.1, 0.15) is 11.3 Å². The number of nitrogen functional groups attached to an aromatic ring is 1. The van der Waals surface area contributed by atoms with Gasteiger partial charge in [0.25, 0.3) is 0 Å². The molecule has 16 heavy (non-hydrogen) atoms. The first-order chi connectivity index (χ1) is 7.30. The van der Waals surface area contributed by atoms with E-state index < -0.39 is 11.5 Å². The third-order valence-electron chi connectivity index (χ3n) is 2.32. The minimum atomic E-state index is -1.59. The van der Waals surface area contributed by atoms with Crippen LogP contribution in [-0.2, 0) is 10.3 Å². The number of hydrogen-bond donors (Lipinski definition) is 3. The van der Waals surface area contributed by atoms with Gasteiger partial charge in [-0.1, -0.05) is 11.6 Å². The number of halogens is 1. The maximum Gasteiger partial charge on any atom is 0.328 e. The molecule has 1 aromatic rings. The zero-order valence-corrected chi connectivity index (χ0v) is 9.71. The van der Waals surface area contributed by atoms with E-state index in [-0.39, 0.29) is 10.6 Å². The second-order valence-electron chi connectivity index (χ2n) is 3.58. The molecule has 1 atom stereocenters. The second-order valence-corrected chi connectivity index (χ2v) is 3.99. The summed E-state index contributed by atoms with van der Waals surface area (Å²) in [5.41, 5.74) is 10.3. The monoisotopic (exact) mass is 244 g/mol. The molecule has 0 aliphatic rings. The van der Waals surface area contributed by atoms with E-state index in [2.05, 4.69) is 0 Å². The lowest BCUT2D eigenvalue weighted by atomic mass is 9.93. The van der Waals surface area contributed by atoms with Crippen molar-refractivity contribution < 1.29 is 14.6 Å². The first kappa shape index (κ1) is 12.6. The van der Waals surface area contributed by atoms with Gasteiger partial charge in [-0.15, -0.1) is 0 Å². The van der Waals surface area contributed by atoms with Gasteiger partial charge in [-0.25, -0.2) is 4.79 Å². The highest BCUT2D eigenvalue weighted by Gasteiger charge is 2.33. The van der Waals surface area contributed by atoms with E-state index in [1.54, 1.807) is 0 Å². The summed E-state index contributed by atoms with van der Waals surface area (Å²) in [4.78, 5) is 11.0. The molecule has 0 aromatic heterocycles. The van der Waals surface area contributed by atoms with Crippen LogP contribution in [0.25, 0.3) is 0 Å². The third kappa shape index (κ3) is 2.05. The molecule has 0 aliphatic heterocycles. The van der Waals surface area contributed by atoms with Crippen molar-refractivity contribution >= 4 is 23.3 Å². The van der Waals surface area contributed by atoms with Gasteiger partial charge in [0.15, 0.2) is 0 Å². The average Bonchev–Trinajstić information content (AvgIpc) is 2.17. The van der Waals surface area contributed by atoms with E-state index in [4.69, 9.17) is 32.9 Å². The second kappa shape index (κ2) is 4.19. The Morgan fingerprint density at radius 3 is 2.56 bits per heavy atom. The lowest BCUT2D eigenvalue weighted by Crippen LogP contribution is -2.42. The molecule has 0 saturated carbocycles. The zero-order valence-electron chi connectivity index (χ0n) is 8.95. The van der Waals surface area contributed by atoms with Gasteiger partial charge in [0.2, 0.25) is 0 Å². The minimum absolute atomic E-state index is 0.200. The summed E-state index contributed by atoms with van der Waals surface area (Å²) in [6.45, 7) is 1.35. The Kier molecular flexibility index (Phi) is 3.30. The first-order valence-corrected chi connectivity index (χ1v) is 4.84. The van der Waals surface area contributed by atoms with Crippen LogP contribution in [0.1, 0.15) is 12.5 Å². The van der Waals surface area contributed by atoms with Gasteiger partial charge in [0, 0.05) is 10.6 Å². The molecule has 0 bridgehead atoms. The molecular weight excluding hydrogens is 232 g/mol. The number of aliphatic carboxylic acids is 1. The summed E-state index contributed by atoms with van der Waals surface area (Å²) < 4.78 is 4.98. The van der Waals surface area contributed by atoms with Gasteiger partial charge in [-0.3, -0.25) is 0 Å². The molecule has 0 radical (unpaired) electrons. The highest BCUT2D eigenvalue weighted by molar-refractivity contribution is 6.32. The van der Waals surface area contributed by atoms with Crippen LogP contribution in [0.2, 0.25) is 5.02 Å². The molecule has 88 valence electrons. The third-order valence-corrected chi connectivity index (χ3v) is 2.64. The number of ether oxygens (including phenoxy) is 1. The molecular formula is C10H13ClN2O3. The largest absolute Gasteiger partial charge is 0.495 e. The lowest BCUT2D eigenvalue weighted by Gasteiger charge is -2.22. The number of methoxy groups -OCH3 is 1. The molecule has 5 N–H and O–H groups in total. The highest BCUT2D eigenvalue weighted by atomic mass is 35.5. The Hall–Kier alpha value is -1.46. The molecule has 0 spiro atoms. The predicted molar refractivity (Wildman–Crippen MR) is 61.6 cm³/mol. The Bertz CT molecular complexity index is 432. The van der Waals surface area contributed by atoms with E-state index in [1.165, 1.54) is 26.2 Å². The van der Waals surface area contributed by atoms with Crippen LogP contribution in [-0.4, -0.2) is 18.2 Å². The summed E-state index contributed by atoms with van der Waals surface area (Å²) in [6.07, 6.45) is 0. The molecule has 0 fully saturated rings. The fourth-order valence-electron chi connectivity index (χ4n) is 1.26. The van der Waals surface area contributed by atoms with Crippen molar-refractivity contribution in [3.8, 4) is 5.75 Å². The standard InChI is InChI=1S/C10H13ClN2O3/c1-10(13,9(14)15)5-3-8(16-2)7(12)4-6(5)11/h3-4H,12-13H2,1-2H3,(H,14,15)/t10-/m1/s1. The summed E-state index contributed by atoms with van der Waals surface area (Å²) >= 11 is 5.91. The molecule has 0 saturated heterocycles. The molecule has 0 unspecified atom stereocenters. The number of hydrogen-bond acceptors (Lipinski definition) is 4.